The van der Waals surface area contributed by atoms with Crippen molar-refractivity contribution in [1.29, 1.82) is 0 Å². The Bertz CT molecular complexity index is 631. The lowest BCUT2D eigenvalue weighted by Gasteiger charge is -2.31. The van der Waals surface area contributed by atoms with Crippen molar-refractivity contribution >= 4 is 11.7 Å². The molecule has 2 N–H and O–H groups in total. The highest BCUT2D eigenvalue weighted by molar-refractivity contribution is 5.89. The van der Waals surface area contributed by atoms with Crippen molar-refractivity contribution < 1.29 is 14.3 Å². The lowest BCUT2D eigenvalue weighted by Crippen LogP contribution is -2.43. The van der Waals surface area contributed by atoms with E-state index in [9.17, 15) is 4.79 Å². The highest BCUT2D eigenvalue weighted by Gasteiger charge is 2.27. The van der Waals surface area contributed by atoms with Crippen LogP contribution in [0, 0.1) is 5.92 Å². The molecule has 1 aromatic rings. The Kier molecular flexibility index (Phi) is 5.48. The van der Waals surface area contributed by atoms with Crippen molar-refractivity contribution in [1.82, 2.24) is 10.2 Å². The first-order chi connectivity index (χ1) is 12.8. The molecule has 1 aliphatic carbocycles. The third-order valence-electron chi connectivity index (χ3n) is 5.85. The Morgan fingerprint density at radius 1 is 1.08 bits per heavy atom. The zero-order valence-corrected chi connectivity index (χ0v) is 15.3. The van der Waals surface area contributed by atoms with Gasteiger partial charge in [0.15, 0.2) is 11.5 Å². The fourth-order valence-electron chi connectivity index (χ4n) is 4.43. The predicted octanol–water partition coefficient (Wildman–Crippen LogP) is 3.58. The number of nitrogens with zero attached hydrogens (tertiary/aromatic N) is 1. The maximum Gasteiger partial charge on any atom is 0.319 e. The number of hydrogen-bond acceptors (Lipinski definition) is 4. The number of carbonyl (C=O) groups excluding carboxylic acids is 1. The molecule has 2 aliphatic heterocycles. The van der Waals surface area contributed by atoms with Gasteiger partial charge in [-0.3, -0.25) is 4.90 Å². The van der Waals surface area contributed by atoms with Gasteiger partial charge in [0.05, 0.1) is 0 Å². The summed E-state index contributed by atoms with van der Waals surface area (Å²) in [5, 5.41) is 5.93. The standard InChI is InChI=1S/C20H29N3O3/c24-20(22-16-8-9-18-19(11-16)26-14-25-18)21-12-17-7-4-10-23(17)13-15-5-2-1-3-6-15/h8-9,11,15,17H,1-7,10,12-14H2,(H2,21,22,24)/t17-/m0/s1. The summed E-state index contributed by atoms with van der Waals surface area (Å²) in [6, 6.07) is 5.76. The molecule has 2 heterocycles. The van der Waals surface area contributed by atoms with Gasteiger partial charge in [-0.1, -0.05) is 19.3 Å². The molecule has 3 aliphatic rings. The van der Waals surface area contributed by atoms with Gasteiger partial charge < -0.3 is 20.1 Å². The molecular weight excluding hydrogens is 330 g/mol. The van der Waals surface area contributed by atoms with Crippen LogP contribution in [0.1, 0.15) is 44.9 Å². The molecule has 26 heavy (non-hydrogen) atoms. The minimum atomic E-state index is -0.159. The molecule has 0 unspecified atom stereocenters. The second-order valence-electron chi connectivity index (χ2n) is 7.70. The van der Waals surface area contributed by atoms with Crippen LogP contribution in [0.2, 0.25) is 0 Å². The minimum Gasteiger partial charge on any atom is -0.454 e. The van der Waals surface area contributed by atoms with Crippen molar-refractivity contribution in [3.63, 3.8) is 0 Å². The SMILES string of the molecule is O=C(NC[C@@H]1CCCN1CC1CCCCC1)Nc1ccc2c(c1)OCO2. The highest BCUT2D eigenvalue weighted by Crippen LogP contribution is 2.34. The Labute approximate surface area is 155 Å². The molecule has 2 amide bonds. The van der Waals surface area contributed by atoms with Gasteiger partial charge >= 0.3 is 6.03 Å². The van der Waals surface area contributed by atoms with Crippen LogP contribution in [-0.4, -0.2) is 43.4 Å². The first-order valence-corrected chi connectivity index (χ1v) is 9.96. The van der Waals surface area contributed by atoms with Gasteiger partial charge in [0.1, 0.15) is 0 Å². The largest absolute Gasteiger partial charge is 0.454 e. The summed E-state index contributed by atoms with van der Waals surface area (Å²) in [5.41, 5.74) is 0.720. The van der Waals surface area contributed by atoms with Gasteiger partial charge in [-0.15, -0.1) is 0 Å². The van der Waals surface area contributed by atoms with E-state index in [2.05, 4.69) is 15.5 Å². The highest BCUT2D eigenvalue weighted by atomic mass is 16.7. The van der Waals surface area contributed by atoms with E-state index in [0.29, 0.717) is 18.3 Å². The van der Waals surface area contributed by atoms with Gasteiger partial charge in [-0.2, -0.15) is 0 Å². The molecule has 142 valence electrons. The van der Waals surface area contributed by atoms with Crippen LogP contribution >= 0.6 is 0 Å². The maximum atomic E-state index is 12.3. The number of likely N-dealkylation sites (tertiary alicyclic amines) is 1. The summed E-state index contributed by atoms with van der Waals surface area (Å²) in [6.07, 6.45) is 9.35. The summed E-state index contributed by atoms with van der Waals surface area (Å²) in [4.78, 5) is 14.8. The average Bonchev–Trinajstić information content (AvgIpc) is 3.29. The number of urea groups is 1. The average molecular weight is 359 g/mol. The van der Waals surface area contributed by atoms with Crippen LogP contribution in [0.4, 0.5) is 10.5 Å². The molecule has 1 saturated carbocycles. The van der Waals surface area contributed by atoms with E-state index < -0.39 is 0 Å². The lowest BCUT2D eigenvalue weighted by molar-refractivity contribution is 0.174. The van der Waals surface area contributed by atoms with Crippen LogP contribution in [0.25, 0.3) is 0 Å². The molecule has 4 rings (SSSR count). The van der Waals surface area contributed by atoms with Crippen LogP contribution in [-0.2, 0) is 0 Å². The Morgan fingerprint density at radius 3 is 2.81 bits per heavy atom. The van der Waals surface area contributed by atoms with Gasteiger partial charge in [0.2, 0.25) is 6.79 Å². The molecule has 0 spiro atoms. The smallest absolute Gasteiger partial charge is 0.319 e. The fraction of sp³-hybridized carbons (Fsp3) is 0.650. The first-order valence-electron chi connectivity index (χ1n) is 9.96. The second-order valence-corrected chi connectivity index (χ2v) is 7.70. The number of hydrogen-bond donors (Lipinski definition) is 2. The number of rotatable bonds is 5. The number of anilines is 1. The summed E-state index contributed by atoms with van der Waals surface area (Å²) in [7, 11) is 0. The normalized spacial score (nSPS) is 23.2. The molecule has 1 aromatic carbocycles. The number of ether oxygens (including phenoxy) is 2. The van der Waals surface area contributed by atoms with Crippen molar-refractivity contribution in [3.8, 4) is 11.5 Å². The van der Waals surface area contributed by atoms with E-state index in [0.717, 1.165) is 17.4 Å². The first kappa shape index (κ1) is 17.5. The number of carbonyl (C=O) groups is 1. The summed E-state index contributed by atoms with van der Waals surface area (Å²) >= 11 is 0. The van der Waals surface area contributed by atoms with Crippen molar-refractivity contribution in [2.24, 2.45) is 5.92 Å². The summed E-state index contributed by atoms with van der Waals surface area (Å²) in [6.45, 7) is 3.33. The van der Waals surface area contributed by atoms with Crippen molar-refractivity contribution in [2.45, 2.75) is 51.0 Å². The Balaban J connectivity index is 1.24. The van der Waals surface area contributed by atoms with E-state index in [4.69, 9.17) is 9.47 Å². The van der Waals surface area contributed by atoms with E-state index in [1.807, 2.05) is 12.1 Å². The van der Waals surface area contributed by atoms with Gasteiger partial charge in [-0.05, 0) is 50.3 Å². The Hall–Kier alpha value is -1.95. The summed E-state index contributed by atoms with van der Waals surface area (Å²) < 4.78 is 10.6. The predicted molar refractivity (Wildman–Crippen MR) is 101 cm³/mol. The lowest BCUT2D eigenvalue weighted by atomic mass is 9.89. The number of amides is 2. The minimum absolute atomic E-state index is 0.159. The zero-order valence-electron chi connectivity index (χ0n) is 15.3. The molecule has 0 aromatic heterocycles. The third-order valence-corrected chi connectivity index (χ3v) is 5.85. The number of fused-ring (bicyclic) bond motifs is 1. The van der Waals surface area contributed by atoms with Crippen molar-refractivity contribution in [2.75, 3.05) is 31.7 Å². The van der Waals surface area contributed by atoms with E-state index in [-0.39, 0.29) is 12.8 Å². The quantitative estimate of drug-likeness (QED) is 0.843. The van der Waals surface area contributed by atoms with Crippen LogP contribution in [0.15, 0.2) is 18.2 Å². The zero-order chi connectivity index (χ0) is 17.8. The number of nitrogens with one attached hydrogen (secondary N) is 2. The van der Waals surface area contributed by atoms with Crippen LogP contribution in [0.5, 0.6) is 11.5 Å². The van der Waals surface area contributed by atoms with E-state index in [1.54, 1.807) is 6.07 Å². The monoisotopic (exact) mass is 359 g/mol. The maximum absolute atomic E-state index is 12.3. The third kappa shape index (κ3) is 4.23. The van der Waals surface area contributed by atoms with Gasteiger partial charge in [0, 0.05) is 30.9 Å². The van der Waals surface area contributed by atoms with Gasteiger partial charge in [-0.25, -0.2) is 4.79 Å². The molecule has 6 nitrogen and oxygen atoms in total. The summed E-state index contributed by atoms with van der Waals surface area (Å²) in [5.74, 6) is 2.25. The topological polar surface area (TPSA) is 62.8 Å². The second kappa shape index (κ2) is 8.16. The van der Waals surface area contributed by atoms with E-state index in [1.165, 1.54) is 58.0 Å². The molecule has 1 saturated heterocycles. The van der Waals surface area contributed by atoms with Crippen LogP contribution < -0.4 is 20.1 Å². The molecule has 1 atom stereocenters. The molecule has 0 bridgehead atoms. The Morgan fingerprint density at radius 2 is 1.92 bits per heavy atom. The van der Waals surface area contributed by atoms with Gasteiger partial charge in [0.25, 0.3) is 0 Å². The van der Waals surface area contributed by atoms with Crippen molar-refractivity contribution in [3.05, 3.63) is 18.2 Å². The van der Waals surface area contributed by atoms with E-state index >= 15 is 0 Å². The molecular formula is C20H29N3O3. The molecule has 0 radical (unpaired) electrons. The molecule has 6 heteroatoms. The van der Waals surface area contributed by atoms with Crippen LogP contribution in [0.3, 0.4) is 0 Å². The number of benzene rings is 1. The fourth-order valence-corrected chi connectivity index (χ4v) is 4.43. The molecule has 2 fully saturated rings.